The first-order chi connectivity index (χ1) is 9.72. The fourth-order valence-electron chi connectivity index (χ4n) is 1.82. The molecule has 112 valence electrons. The molecule has 1 amide bonds. The fourth-order valence-corrected chi connectivity index (χ4v) is 1.82. The Bertz CT molecular complexity index is 393. The summed E-state index contributed by atoms with van der Waals surface area (Å²) in [6, 6.07) is 7.40. The van der Waals surface area contributed by atoms with Crippen molar-refractivity contribution in [1.82, 2.24) is 4.90 Å². The number of amides is 1. The van der Waals surface area contributed by atoms with Gasteiger partial charge in [0, 0.05) is 38.0 Å². The summed E-state index contributed by atoms with van der Waals surface area (Å²) in [5.74, 6) is -0.0851. The number of ether oxygens (including phenoxy) is 1. The molecule has 0 atom stereocenters. The molecule has 2 N–H and O–H groups in total. The van der Waals surface area contributed by atoms with Crippen molar-refractivity contribution in [3.63, 3.8) is 0 Å². The normalized spacial score (nSPS) is 10.3. The summed E-state index contributed by atoms with van der Waals surface area (Å²) < 4.78 is 4.98. The van der Waals surface area contributed by atoms with E-state index >= 15 is 0 Å². The number of nitrogens with zero attached hydrogens (tertiary/aromatic N) is 1. The molecule has 0 aliphatic carbocycles. The molecule has 0 fully saturated rings. The second-order valence-corrected chi connectivity index (χ2v) is 4.51. The van der Waals surface area contributed by atoms with E-state index < -0.39 is 0 Å². The SMILES string of the molecule is CCCNc1ccc(C(=O)N(CCO)CCOC)cc1. The van der Waals surface area contributed by atoms with Crippen LogP contribution in [0.15, 0.2) is 24.3 Å². The topological polar surface area (TPSA) is 61.8 Å². The first-order valence-corrected chi connectivity index (χ1v) is 6.96. The summed E-state index contributed by atoms with van der Waals surface area (Å²) in [5.41, 5.74) is 1.63. The Kier molecular flexibility index (Phi) is 7.69. The zero-order valence-corrected chi connectivity index (χ0v) is 12.3. The summed E-state index contributed by atoms with van der Waals surface area (Å²) in [6.45, 7) is 4.22. The van der Waals surface area contributed by atoms with Crippen LogP contribution in [0, 0.1) is 0 Å². The summed E-state index contributed by atoms with van der Waals surface area (Å²) in [6.07, 6.45) is 1.06. The molecule has 5 nitrogen and oxygen atoms in total. The van der Waals surface area contributed by atoms with Crippen molar-refractivity contribution in [3.8, 4) is 0 Å². The zero-order chi connectivity index (χ0) is 14.8. The Morgan fingerprint density at radius 1 is 1.30 bits per heavy atom. The van der Waals surface area contributed by atoms with Crippen LogP contribution in [-0.4, -0.2) is 55.9 Å². The van der Waals surface area contributed by atoms with E-state index in [9.17, 15) is 4.79 Å². The van der Waals surface area contributed by atoms with Gasteiger partial charge in [-0.3, -0.25) is 4.79 Å². The number of rotatable bonds is 9. The highest BCUT2D eigenvalue weighted by molar-refractivity contribution is 5.94. The molecule has 0 saturated carbocycles. The lowest BCUT2D eigenvalue weighted by Gasteiger charge is -2.21. The molecule has 0 heterocycles. The smallest absolute Gasteiger partial charge is 0.254 e. The highest BCUT2D eigenvalue weighted by Crippen LogP contribution is 2.11. The molecule has 0 aliphatic heterocycles. The van der Waals surface area contributed by atoms with Crippen LogP contribution in [0.1, 0.15) is 23.7 Å². The van der Waals surface area contributed by atoms with Gasteiger partial charge in [-0.05, 0) is 30.7 Å². The zero-order valence-electron chi connectivity index (χ0n) is 12.3. The summed E-state index contributed by atoms with van der Waals surface area (Å²) in [7, 11) is 1.59. The van der Waals surface area contributed by atoms with Gasteiger partial charge in [0.2, 0.25) is 0 Å². The standard InChI is InChI=1S/C15H24N2O3/c1-3-8-16-14-6-4-13(5-7-14)15(19)17(9-11-18)10-12-20-2/h4-7,16,18H,3,8-12H2,1-2H3. The van der Waals surface area contributed by atoms with E-state index in [1.807, 2.05) is 12.1 Å². The molecule has 5 heteroatoms. The number of anilines is 1. The molecule has 0 saturated heterocycles. The van der Waals surface area contributed by atoms with Crippen LogP contribution in [0.2, 0.25) is 0 Å². The number of hydrogen-bond acceptors (Lipinski definition) is 4. The van der Waals surface area contributed by atoms with Gasteiger partial charge in [0.15, 0.2) is 0 Å². The molecule has 0 spiro atoms. The average Bonchev–Trinajstić information content (AvgIpc) is 2.49. The van der Waals surface area contributed by atoms with Crippen molar-refractivity contribution >= 4 is 11.6 Å². The predicted molar refractivity (Wildman–Crippen MR) is 80.1 cm³/mol. The number of methoxy groups -OCH3 is 1. The molecule has 1 aromatic rings. The molecule has 20 heavy (non-hydrogen) atoms. The quantitative estimate of drug-likeness (QED) is 0.721. The van der Waals surface area contributed by atoms with Gasteiger partial charge in [-0.25, -0.2) is 0 Å². The lowest BCUT2D eigenvalue weighted by atomic mass is 10.1. The monoisotopic (exact) mass is 280 g/mol. The number of aliphatic hydroxyl groups excluding tert-OH is 1. The minimum absolute atomic E-state index is 0.0500. The second kappa shape index (κ2) is 9.34. The maximum Gasteiger partial charge on any atom is 0.254 e. The minimum Gasteiger partial charge on any atom is -0.395 e. The van der Waals surface area contributed by atoms with Gasteiger partial charge in [0.25, 0.3) is 5.91 Å². The lowest BCUT2D eigenvalue weighted by Crippen LogP contribution is -2.36. The first-order valence-electron chi connectivity index (χ1n) is 6.96. The third-order valence-electron chi connectivity index (χ3n) is 2.93. The van der Waals surface area contributed by atoms with Gasteiger partial charge in [0.1, 0.15) is 0 Å². The third kappa shape index (κ3) is 5.19. The second-order valence-electron chi connectivity index (χ2n) is 4.51. The van der Waals surface area contributed by atoms with Crippen molar-refractivity contribution in [1.29, 1.82) is 0 Å². The van der Waals surface area contributed by atoms with Crippen LogP contribution in [0.5, 0.6) is 0 Å². The minimum atomic E-state index is -0.0851. The molecular weight excluding hydrogens is 256 g/mol. The largest absolute Gasteiger partial charge is 0.395 e. The number of carbonyl (C=O) groups excluding carboxylic acids is 1. The van der Waals surface area contributed by atoms with E-state index in [1.165, 1.54) is 0 Å². The first kappa shape index (κ1) is 16.5. The van der Waals surface area contributed by atoms with Crippen LogP contribution in [0.3, 0.4) is 0 Å². The van der Waals surface area contributed by atoms with E-state index in [0.29, 0.717) is 25.3 Å². The van der Waals surface area contributed by atoms with Gasteiger partial charge in [-0.2, -0.15) is 0 Å². The maximum absolute atomic E-state index is 12.3. The van der Waals surface area contributed by atoms with E-state index in [4.69, 9.17) is 9.84 Å². The van der Waals surface area contributed by atoms with Crippen LogP contribution in [0.25, 0.3) is 0 Å². The Balaban J connectivity index is 2.67. The maximum atomic E-state index is 12.3. The molecular formula is C15H24N2O3. The highest BCUT2D eigenvalue weighted by atomic mass is 16.5. The van der Waals surface area contributed by atoms with E-state index in [1.54, 1.807) is 24.1 Å². The summed E-state index contributed by atoms with van der Waals surface area (Å²) >= 11 is 0. The Labute approximate surface area is 120 Å². The van der Waals surface area contributed by atoms with Crippen molar-refractivity contribution in [2.75, 3.05) is 45.3 Å². The van der Waals surface area contributed by atoms with E-state index in [-0.39, 0.29) is 12.5 Å². The van der Waals surface area contributed by atoms with Crippen molar-refractivity contribution < 1.29 is 14.6 Å². The molecule has 0 aromatic heterocycles. The van der Waals surface area contributed by atoms with Crippen LogP contribution in [0.4, 0.5) is 5.69 Å². The molecule has 1 rings (SSSR count). The molecule has 0 aliphatic rings. The van der Waals surface area contributed by atoms with Crippen LogP contribution in [-0.2, 0) is 4.74 Å². The van der Waals surface area contributed by atoms with Crippen molar-refractivity contribution in [2.24, 2.45) is 0 Å². The summed E-state index contributed by atoms with van der Waals surface area (Å²) in [4.78, 5) is 13.9. The Morgan fingerprint density at radius 3 is 2.55 bits per heavy atom. The van der Waals surface area contributed by atoms with Gasteiger partial charge >= 0.3 is 0 Å². The predicted octanol–water partition coefficient (Wildman–Crippen LogP) is 1.59. The van der Waals surface area contributed by atoms with Crippen molar-refractivity contribution in [3.05, 3.63) is 29.8 Å². The lowest BCUT2D eigenvalue weighted by molar-refractivity contribution is 0.0656. The molecule has 1 aromatic carbocycles. The summed E-state index contributed by atoms with van der Waals surface area (Å²) in [5, 5.41) is 12.3. The number of carbonyl (C=O) groups is 1. The number of hydrogen-bond donors (Lipinski definition) is 2. The molecule has 0 radical (unpaired) electrons. The average molecular weight is 280 g/mol. The van der Waals surface area contributed by atoms with Gasteiger partial charge < -0.3 is 20.1 Å². The highest BCUT2D eigenvalue weighted by Gasteiger charge is 2.14. The van der Waals surface area contributed by atoms with E-state index in [2.05, 4.69) is 12.2 Å². The van der Waals surface area contributed by atoms with E-state index in [0.717, 1.165) is 18.7 Å². The number of nitrogens with one attached hydrogen (secondary N) is 1. The van der Waals surface area contributed by atoms with Crippen molar-refractivity contribution in [2.45, 2.75) is 13.3 Å². The molecule has 0 bridgehead atoms. The van der Waals surface area contributed by atoms with Gasteiger partial charge in [0.05, 0.1) is 13.2 Å². The number of aliphatic hydroxyl groups is 1. The van der Waals surface area contributed by atoms with Gasteiger partial charge in [-0.15, -0.1) is 0 Å². The number of benzene rings is 1. The Hall–Kier alpha value is -1.59. The third-order valence-corrected chi connectivity index (χ3v) is 2.93. The van der Waals surface area contributed by atoms with Crippen LogP contribution < -0.4 is 5.32 Å². The fraction of sp³-hybridized carbons (Fsp3) is 0.533. The van der Waals surface area contributed by atoms with Gasteiger partial charge in [-0.1, -0.05) is 6.92 Å². The Morgan fingerprint density at radius 2 is 2.00 bits per heavy atom. The van der Waals surface area contributed by atoms with Crippen LogP contribution >= 0.6 is 0 Å². The molecule has 0 unspecified atom stereocenters.